The Labute approximate surface area is 107 Å². The van der Waals surface area contributed by atoms with E-state index in [1.807, 2.05) is 19.1 Å². The van der Waals surface area contributed by atoms with Crippen molar-refractivity contribution >= 4 is 27.8 Å². The summed E-state index contributed by atoms with van der Waals surface area (Å²) < 4.78 is 10.6. The summed E-state index contributed by atoms with van der Waals surface area (Å²) in [6.07, 6.45) is 0. The Bertz CT molecular complexity index is 445. The van der Waals surface area contributed by atoms with E-state index in [0.717, 1.165) is 10.0 Å². The lowest BCUT2D eigenvalue weighted by Gasteiger charge is -2.09. The van der Waals surface area contributed by atoms with Crippen LogP contribution in [0.4, 0.5) is 0 Å². The van der Waals surface area contributed by atoms with E-state index >= 15 is 0 Å². The standard InChI is InChI=1S/C11H12BrNO4/c1-7-3-4-8(12)5-9(7)17-10(13-6-14)11(15)16-2/h3-5,14H,6H2,1-2H3/b13-10-. The summed E-state index contributed by atoms with van der Waals surface area (Å²) in [5, 5.41) is 8.70. The van der Waals surface area contributed by atoms with Crippen LogP contribution in [-0.2, 0) is 9.53 Å². The summed E-state index contributed by atoms with van der Waals surface area (Å²) in [6, 6.07) is 5.38. The Balaban J connectivity index is 2.97. The molecule has 0 saturated heterocycles. The average Bonchev–Trinajstić information content (AvgIpc) is 2.32. The number of aliphatic hydroxyl groups is 1. The van der Waals surface area contributed by atoms with Gasteiger partial charge in [-0.05, 0) is 24.6 Å². The number of aliphatic imine (C=N–C) groups is 1. The number of aryl methyl sites for hydroxylation is 1. The van der Waals surface area contributed by atoms with Gasteiger partial charge in [0.15, 0.2) is 0 Å². The maximum atomic E-state index is 11.3. The molecule has 1 N–H and O–H groups in total. The zero-order valence-electron chi connectivity index (χ0n) is 9.44. The van der Waals surface area contributed by atoms with E-state index in [1.54, 1.807) is 6.07 Å². The molecule has 0 spiro atoms. The number of carbonyl (C=O) groups is 1. The molecule has 0 amide bonds. The average molecular weight is 302 g/mol. The highest BCUT2D eigenvalue weighted by molar-refractivity contribution is 9.10. The van der Waals surface area contributed by atoms with Crippen LogP contribution in [0.1, 0.15) is 5.56 Å². The molecule has 0 fully saturated rings. The maximum Gasteiger partial charge on any atom is 0.394 e. The zero-order chi connectivity index (χ0) is 12.8. The van der Waals surface area contributed by atoms with Crippen LogP contribution in [0.25, 0.3) is 0 Å². The predicted octanol–water partition coefficient (Wildman–Crippen LogP) is 1.66. The highest BCUT2D eigenvalue weighted by Crippen LogP contribution is 2.23. The van der Waals surface area contributed by atoms with Gasteiger partial charge in [-0.15, -0.1) is 0 Å². The van der Waals surface area contributed by atoms with Gasteiger partial charge in [-0.2, -0.15) is 0 Å². The summed E-state index contributed by atoms with van der Waals surface area (Å²) in [7, 11) is 1.21. The first-order valence-electron chi connectivity index (χ1n) is 4.76. The molecule has 0 saturated carbocycles. The first-order valence-corrected chi connectivity index (χ1v) is 5.55. The number of hydrogen-bond acceptors (Lipinski definition) is 5. The summed E-state index contributed by atoms with van der Waals surface area (Å²) in [5.74, 6) is -0.549. The lowest BCUT2D eigenvalue weighted by Crippen LogP contribution is -2.23. The Morgan fingerprint density at radius 1 is 1.53 bits per heavy atom. The molecule has 0 aliphatic heterocycles. The molecule has 0 aliphatic carbocycles. The molecule has 0 atom stereocenters. The van der Waals surface area contributed by atoms with Crippen molar-refractivity contribution < 1.29 is 19.4 Å². The smallest absolute Gasteiger partial charge is 0.394 e. The minimum absolute atomic E-state index is 0.281. The minimum Gasteiger partial charge on any atom is -0.462 e. The topological polar surface area (TPSA) is 68.1 Å². The summed E-state index contributed by atoms with van der Waals surface area (Å²) >= 11 is 3.29. The normalized spacial score (nSPS) is 11.2. The van der Waals surface area contributed by atoms with Crippen molar-refractivity contribution in [3.8, 4) is 5.75 Å². The van der Waals surface area contributed by atoms with Crippen molar-refractivity contribution in [1.29, 1.82) is 0 Å². The van der Waals surface area contributed by atoms with Gasteiger partial charge >= 0.3 is 11.9 Å². The number of nitrogens with zero attached hydrogens (tertiary/aromatic N) is 1. The largest absolute Gasteiger partial charge is 0.462 e. The Morgan fingerprint density at radius 2 is 2.24 bits per heavy atom. The summed E-state index contributed by atoms with van der Waals surface area (Å²) in [4.78, 5) is 14.8. The van der Waals surface area contributed by atoms with Crippen LogP contribution < -0.4 is 4.74 Å². The fourth-order valence-corrected chi connectivity index (χ4v) is 1.42. The van der Waals surface area contributed by atoms with Gasteiger partial charge in [0.25, 0.3) is 0 Å². The molecule has 0 heterocycles. The first-order chi connectivity index (χ1) is 8.08. The van der Waals surface area contributed by atoms with E-state index in [2.05, 4.69) is 25.7 Å². The molecule has 0 aliphatic rings. The number of benzene rings is 1. The molecular formula is C11H12BrNO4. The minimum atomic E-state index is -0.738. The molecule has 6 heteroatoms. The van der Waals surface area contributed by atoms with Gasteiger partial charge < -0.3 is 14.6 Å². The SMILES string of the molecule is COC(=O)/C(=N/CO)Oc1cc(Br)ccc1C. The summed E-state index contributed by atoms with van der Waals surface area (Å²) in [6.45, 7) is 1.28. The van der Waals surface area contributed by atoms with Gasteiger partial charge in [0.2, 0.25) is 0 Å². The van der Waals surface area contributed by atoms with E-state index in [0.29, 0.717) is 5.75 Å². The van der Waals surface area contributed by atoms with E-state index < -0.39 is 12.7 Å². The van der Waals surface area contributed by atoms with Crippen molar-refractivity contribution in [3.63, 3.8) is 0 Å². The second-order valence-electron chi connectivity index (χ2n) is 3.11. The number of hydrogen-bond donors (Lipinski definition) is 1. The second-order valence-corrected chi connectivity index (χ2v) is 4.02. The molecule has 0 aromatic heterocycles. The quantitative estimate of drug-likeness (QED) is 0.512. The van der Waals surface area contributed by atoms with E-state index in [1.165, 1.54) is 7.11 Å². The molecule has 5 nitrogen and oxygen atoms in total. The molecule has 0 unspecified atom stereocenters. The van der Waals surface area contributed by atoms with Crippen molar-refractivity contribution in [2.75, 3.05) is 13.8 Å². The van der Waals surface area contributed by atoms with Gasteiger partial charge in [0.05, 0.1) is 7.11 Å². The van der Waals surface area contributed by atoms with Crippen molar-refractivity contribution in [2.45, 2.75) is 6.92 Å². The molecular weight excluding hydrogens is 290 g/mol. The third-order valence-corrected chi connectivity index (χ3v) is 2.42. The van der Waals surface area contributed by atoms with Crippen LogP contribution in [-0.4, -0.2) is 30.8 Å². The molecule has 17 heavy (non-hydrogen) atoms. The number of esters is 1. The van der Waals surface area contributed by atoms with Crippen molar-refractivity contribution in [2.24, 2.45) is 4.99 Å². The lowest BCUT2D eigenvalue weighted by atomic mass is 10.2. The van der Waals surface area contributed by atoms with Crippen LogP contribution in [0, 0.1) is 6.92 Å². The van der Waals surface area contributed by atoms with E-state index in [9.17, 15) is 4.79 Å². The zero-order valence-corrected chi connectivity index (χ0v) is 11.0. The number of methoxy groups -OCH3 is 1. The first kappa shape index (κ1) is 13.7. The molecule has 92 valence electrons. The number of ether oxygens (including phenoxy) is 2. The van der Waals surface area contributed by atoms with Crippen molar-refractivity contribution in [1.82, 2.24) is 0 Å². The van der Waals surface area contributed by atoms with Gasteiger partial charge in [-0.3, -0.25) is 0 Å². The molecule has 0 bridgehead atoms. The Hall–Kier alpha value is -1.40. The number of halogens is 1. The monoisotopic (exact) mass is 301 g/mol. The van der Waals surface area contributed by atoms with Crippen LogP contribution >= 0.6 is 15.9 Å². The molecule has 0 radical (unpaired) electrons. The molecule has 1 aromatic carbocycles. The van der Waals surface area contributed by atoms with Gasteiger partial charge in [0.1, 0.15) is 12.5 Å². The third-order valence-electron chi connectivity index (χ3n) is 1.93. The lowest BCUT2D eigenvalue weighted by molar-refractivity contribution is -0.133. The van der Waals surface area contributed by atoms with Gasteiger partial charge in [0, 0.05) is 4.47 Å². The Kier molecular flexibility index (Phi) is 5.11. The van der Waals surface area contributed by atoms with Crippen molar-refractivity contribution in [3.05, 3.63) is 28.2 Å². The van der Waals surface area contributed by atoms with Crippen LogP contribution in [0.5, 0.6) is 5.75 Å². The van der Waals surface area contributed by atoms with Crippen LogP contribution in [0.15, 0.2) is 27.7 Å². The third kappa shape index (κ3) is 3.83. The highest BCUT2D eigenvalue weighted by atomic mass is 79.9. The fourth-order valence-electron chi connectivity index (χ4n) is 1.08. The van der Waals surface area contributed by atoms with Gasteiger partial charge in [-0.1, -0.05) is 22.0 Å². The van der Waals surface area contributed by atoms with Gasteiger partial charge in [-0.25, -0.2) is 9.79 Å². The van der Waals surface area contributed by atoms with E-state index in [-0.39, 0.29) is 5.90 Å². The van der Waals surface area contributed by atoms with E-state index in [4.69, 9.17) is 9.84 Å². The predicted molar refractivity (Wildman–Crippen MR) is 66.0 cm³/mol. The summed E-state index contributed by atoms with van der Waals surface area (Å²) in [5.41, 5.74) is 0.836. The van der Waals surface area contributed by atoms with Crippen LogP contribution in [0.3, 0.4) is 0 Å². The number of carbonyl (C=O) groups excluding carboxylic acids is 1. The maximum absolute atomic E-state index is 11.3. The Morgan fingerprint density at radius 3 is 2.82 bits per heavy atom. The molecule has 1 aromatic rings. The number of rotatable bonds is 2. The fraction of sp³-hybridized carbons (Fsp3) is 0.273. The number of aliphatic hydroxyl groups excluding tert-OH is 1. The molecule has 1 rings (SSSR count). The van der Waals surface area contributed by atoms with Crippen LogP contribution in [0.2, 0.25) is 0 Å². The second kappa shape index (κ2) is 6.36. The highest BCUT2D eigenvalue weighted by Gasteiger charge is 2.15.